The molecule has 1 fully saturated rings. The fourth-order valence-corrected chi connectivity index (χ4v) is 2.43. The molecule has 22 heavy (non-hydrogen) atoms. The molecule has 6 heteroatoms. The molecule has 6 nitrogen and oxygen atoms in total. The zero-order chi connectivity index (χ0) is 16.1. The van der Waals surface area contributed by atoms with Gasteiger partial charge in [0.2, 0.25) is 11.8 Å². The summed E-state index contributed by atoms with van der Waals surface area (Å²) < 4.78 is 4.84. The van der Waals surface area contributed by atoms with E-state index in [0.717, 1.165) is 5.56 Å². The molecular weight excluding hydrogens is 284 g/mol. The van der Waals surface area contributed by atoms with Crippen molar-refractivity contribution in [1.82, 2.24) is 10.2 Å². The third-order valence-corrected chi connectivity index (χ3v) is 3.63. The Labute approximate surface area is 129 Å². The SMILES string of the molecule is CCOC(=O)C[C@H]1C(=O)N[C@H]1C(=O)N(C)Cc1ccccc1. The highest BCUT2D eigenvalue weighted by Crippen LogP contribution is 2.22. The van der Waals surface area contributed by atoms with E-state index in [-0.39, 0.29) is 24.8 Å². The van der Waals surface area contributed by atoms with Gasteiger partial charge in [0.1, 0.15) is 6.04 Å². The smallest absolute Gasteiger partial charge is 0.306 e. The molecule has 2 rings (SSSR count). The molecule has 118 valence electrons. The lowest BCUT2D eigenvalue weighted by Crippen LogP contribution is -2.64. The van der Waals surface area contributed by atoms with Gasteiger partial charge in [0.25, 0.3) is 0 Å². The van der Waals surface area contributed by atoms with Crippen molar-refractivity contribution in [3.8, 4) is 0 Å². The number of esters is 1. The molecule has 1 aromatic rings. The largest absolute Gasteiger partial charge is 0.466 e. The number of rotatable bonds is 6. The predicted octanol–water partition coefficient (Wildman–Crippen LogP) is 0.713. The average Bonchev–Trinajstić information content (AvgIpc) is 2.51. The number of benzene rings is 1. The van der Waals surface area contributed by atoms with E-state index in [0.29, 0.717) is 6.54 Å². The summed E-state index contributed by atoms with van der Waals surface area (Å²) in [5, 5.41) is 2.57. The first-order valence-electron chi connectivity index (χ1n) is 7.27. The molecule has 1 N–H and O–H groups in total. The van der Waals surface area contributed by atoms with Gasteiger partial charge < -0.3 is 15.0 Å². The van der Waals surface area contributed by atoms with Gasteiger partial charge in [-0.1, -0.05) is 30.3 Å². The summed E-state index contributed by atoms with van der Waals surface area (Å²) in [6, 6.07) is 8.93. The van der Waals surface area contributed by atoms with E-state index < -0.39 is 17.9 Å². The number of hydrogen-bond acceptors (Lipinski definition) is 4. The molecule has 1 aromatic carbocycles. The molecule has 1 saturated heterocycles. The summed E-state index contributed by atoms with van der Waals surface area (Å²) in [6.45, 7) is 2.42. The zero-order valence-electron chi connectivity index (χ0n) is 12.7. The van der Waals surface area contributed by atoms with Gasteiger partial charge in [0.05, 0.1) is 18.9 Å². The van der Waals surface area contributed by atoms with Crippen LogP contribution >= 0.6 is 0 Å². The van der Waals surface area contributed by atoms with E-state index >= 15 is 0 Å². The fourth-order valence-electron chi connectivity index (χ4n) is 2.43. The van der Waals surface area contributed by atoms with Gasteiger partial charge in [-0.05, 0) is 12.5 Å². The Hall–Kier alpha value is -2.37. The number of β-lactam (4-membered cyclic amide) rings is 1. The van der Waals surface area contributed by atoms with Gasteiger partial charge in [0, 0.05) is 13.6 Å². The Morgan fingerprint density at radius 1 is 1.27 bits per heavy atom. The van der Waals surface area contributed by atoms with Crippen molar-refractivity contribution in [2.75, 3.05) is 13.7 Å². The molecule has 2 amide bonds. The topological polar surface area (TPSA) is 75.7 Å². The normalized spacial score (nSPS) is 19.8. The maximum absolute atomic E-state index is 12.4. The Bertz CT molecular complexity index is 559. The molecule has 1 heterocycles. The third-order valence-electron chi connectivity index (χ3n) is 3.63. The first kappa shape index (κ1) is 16.0. The second kappa shape index (κ2) is 7.06. The van der Waals surface area contributed by atoms with Crippen LogP contribution in [-0.4, -0.2) is 42.4 Å². The number of nitrogens with one attached hydrogen (secondary N) is 1. The van der Waals surface area contributed by atoms with Crippen molar-refractivity contribution in [1.29, 1.82) is 0 Å². The summed E-state index contributed by atoms with van der Waals surface area (Å²) in [7, 11) is 1.68. The monoisotopic (exact) mass is 304 g/mol. The number of amides is 2. The molecule has 0 aromatic heterocycles. The predicted molar refractivity (Wildman–Crippen MR) is 79.6 cm³/mol. The van der Waals surface area contributed by atoms with Crippen molar-refractivity contribution < 1.29 is 19.1 Å². The highest BCUT2D eigenvalue weighted by molar-refractivity contribution is 6.00. The second-order valence-corrected chi connectivity index (χ2v) is 5.28. The first-order valence-corrected chi connectivity index (χ1v) is 7.27. The van der Waals surface area contributed by atoms with E-state index in [2.05, 4.69) is 5.32 Å². The van der Waals surface area contributed by atoms with Crippen molar-refractivity contribution >= 4 is 17.8 Å². The van der Waals surface area contributed by atoms with Crippen LogP contribution in [0.25, 0.3) is 0 Å². The van der Waals surface area contributed by atoms with E-state index in [4.69, 9.17) is 4.74 Å². The first-order chi connectivity index (χ1) is 10.5. The lowest BCUT2D eigenvalue weighted by atomic mass is 9.86. The molecule has 0 bridgehead atoms. The van der Waals surface area contributed by atoms with Crippen molar-refractivity contribution in [2.45, 2.75) is 25.9 Å². The Balaban J connectivity index is 1.93. The maximum atomic E-state index is 12.4. The molecule has 0 aliphatic carbocycles. The summed E-state index contributed by atoms with van der Waals surface area (Å²) in [6.07, 6.45) is -0.0603. The molecule has 0 saturated carbocycles. The van der Waals surface area contributed by atoms with Gasteiger partial charge in [0.15, 0.2) is 0 Å². The number of hydrogen-bond donors (Lipinski definition) is 1. The number of carbonyl (C=O) groups is 3. The standard InChI is InChI=1S/C16H20N2O4/c1-3-22-13(19)9-12-14(17-15(12)20)16(21)18(2)10-11-7-5-4-6-8-11/h4-8,12,14H,3,9-10H2,1-2H3,(H,17,20)/t12-,14-/m1/s1. The Morgan fingerprint density at radius 3 is 2.55 bits per heavy atom. The number of carbonyl (C=O) groups excluding carboxylic acids is 3. The molecule has 0 unspecified atom stereocenters. The van der Waals surface area contributed by atoms with E-state index in [1.54, 1.807) is 18.9 Å². The minimum absolute atomic E-state index is 0.0603. The molecule has 0 radical (unpaired) electrons. The van der Waals surface area contributed by atoms with Crippen LogP contribution < -0.4 is 5.32 Å². The summed E-state index contributed by atoms with van der Waals surface area (Å²) >= 11 is 0. The Morgan fingerprint density at radius 2 is 1.95 bits per heavy atom. The fraction of sp³-hybridized carbons (Fsp3) is 0.438. The summed E-state index contributed by atoms with van der Waals surface area (Å²) in [5.74, 6) is -1.56. The highest BCUT2D eigenvalue weighted by Gasteiger charge is 2.46. The van der Waals surface area contributed by atoms with Crippen LogP contribution in [0.5, 0.6) is 0 Å². The van der Waals surface area contributed by atoms with Gasteiger partial charge in [-0.15, -0.1) is 0 Å². The van der Waals surface area contributed by atoms with Crippen molar-refractivity contribution in [3.63, 3.8) is 0 Å². The van der Waals surface area contributed by atoms with E-state index in [9.17, 15) is 14.4 Å². The minimum atomic E-state index is -0.648. The number of likely N-dealkylation sites (N-methyl/N-ethyl adjacent to an activating group) is 1. The molecule has 1 aliphatic heterocycles. The van der Waals surface area contributed by atoms with E-state index in [1.165, 1.54) is 0 Å². The number of nitrogens with zero attached hydrogens (tertiary/aromatic N) is 1. The minimum Gasteiger partial charge on any atom is -0.466 e. The lowest BCUT2D eigenvalue weighted by Gasteiger charge is -2.37. The van der Waals surface area contributed by atoms with Crippen LogP contribution in [0.15, 0.2) is 30.3 Å². The molecule has 1 aliphatic rings. The number of ether oxygens (including phenoxy) is 1. The molecule has 2 atom stereocenters. The average molecular weight is 304 g/mol. The zero-order valence-corrected chi connectivity index (χ0v) is 12.7. The molecule has 0 spiro atoms. The van der Waals surface area contributed by atoms with Crippen LogP contribution in [0.3, 0.4) is 0 Å². The summed E-state index contributed by atoms with van der Waals surface area (Å²) in [5.41, 5.74) is 1.01. The van der Waals surface area contributed by atoms with Crippen LogP contribution in [0.1, 0.15) is 18.9 Å². The second-order valence-electron chi connectivity index (χ2n) is 5.28. The van der Waals surface area contributed by atoms with Crippen LogP contribution in [0.4, 0.5) is 0 Å². The third kappa shape index (κ3) is 3.63. The van der Waals surface area contributed by atoms with Gasteiger partial charge in [-0.25, -0.2) is 0 Å². The molecular formula is C16H20N2O4. The maximum Gasteiger partial charge on any atom is 0.306 e. The highest BCUT2D eigenvalue weighted by atomic mass is 16.5. The Kier molecular flexibility index (Phi) is 5.14. The van der Waals surface area contributed by atoms with Gasteiger partial charge in [-0.3, -0.25) is 14.4 Å². The van der Waals surface area contributed by atoms with Crippen LogP contribution in [0.2, 0.25) is 0 Å². The van der Waals surface area contributed by atoms with Crippen LogP contribution in [0, 0.1) is 5.92 Å². The van der Waals surface area contributed by atoms with Crippen molar-refractivity contribution in [2.24, 2.45) is 5.92 Å². The van der Waals surface area contributed by atoms with Crippen LogP contribution in [-0.2, 0) is 25.7 Å². The van der Waals surface area contributed by atoms with E-state index in [1.807, 2.05) is 30.3 Å². The van der Waals surface area contributed by atoms with Crippen molar-refractivity contribution in [3.05, 3.63) is 35.9 Å². The quantitative estimate of drug-likeness (QED) is 0.620. The van der Waals surface area contributed by atoms with Gasteiger partial charge >= 0.3 is 5.97 Å². The lowest BCUT2D eigenvalue weighted by molar-refractivity contribution is -0.155. The van der Waals surface area contributed by atoms with Gasteiger partial charge in [-0.2, -0.15) is 0 Å². The summed E-state index contributed by atoms with van der Waals surface area (Å²) in [4.78, 5) is 37.0.